The van der Waals surface area contributed by atoms with Gasteiger partial charge in [-0.05, 0) is 32.9 Å². The Bertz CT molecular complexity index is 451. The molecule has 0 unspecified atom stereocenters. The van der Waals surface area contributed by atoms with Crippen LogP contribution in [-0.4, -0.2) is 15.2 Å². The van der Waals surface area contributed by atoms with Gasteiger partial charge in [0.05, 0.1) is 17.6 Å². The number of nitrogens with zero attached hydrogens (tertiary/aromatic N) is 2. The van der Waals surface area contributed by atoms with Crippen molar-refractivity contribution in [2.75, 3.05) is 5.32 Å². The Morgan fingerprint density at radius 3 is 2.62 bits per heavy atom. The standard InChI is InChI=1S/C12H16N4/c1-8-4-5-11(6-13-8)14-7-12-9(2)15-16-10(12)3/h4-6,14H,7H2,1-3H3,(H,15,16). The average molecular weight is 216 g/mol. The first-order valence-corrected chi connectivity index (χ1v) is 5.34. The Morgan fingerprint density at radius 2 is 2.06 bits per heavy atom. The summed E-state index contributed by atoms with van der Waals surface area (Å²) >= 11 is 0. The van der Waals surface area contributed by atoms with Crippen LogP contribution >= 0.6 is 0 Å². The van der Waals surface area contributed by atoms with Crippen LogP contribution in [0.4, 0.5) is 5.69 Å². The van der Waals surface area contributed by atoms with Crippen molar-refractivity contribution in [3.8, 4) is 0 Å². The summed E-state index contributed by atoms with van der Waals surface area (Å²) in [5.74, 6) is 0. The summed E-state index contributed by atoms with van der Waals surface area (Å²) < 4.78 is 0. The highest BCUT2D eigenvalue weighted by molar-refractivity contribution is 5.42. The van der Waals surface area contributed by atoms with Crippen LogP contribution in [0.1, 0.15) is 22.6 Å². The molecular weight excluding hydrogens is 200 g/mol. The van der Waals surface area contributed by atoms with E-state index in [1.165, 1.54) is 5.56 Å². The molecule has 0 atom stereocenters. The molecule has 0 bridgehead atoms. The maximum absolute atomic E-state index is 4.24. The van der Waals surface area contributed by atoms with E-state index in [1.54, 1.807) is 0 Å². The molecule has 4 nitrogen and oxygen atoms in total. The third-order valence-corrected chi connectivity index (χ3v) is 2.66. The molecule has 0 spiro atoms. The van der Waals surface area contributed by atoms with Gasteiger partial charge in [0, 0.05) is 23.5 Å². The third kappa shape index (κ3) is 2.21. The molecule has 0 aliphatic rings. The lowest BCUT2D eigenvalue weighted by molar-refractivity contribution is 1.02. The van der Waals surface area contributed by atoms with Gasteiger partial charge in [-0.15, -0.1) is 0 Å². The van der Waals surface area contributed by atoms with Crippen molar-refractivity contribution in [1.29, 1.82) is 0 Å². The Labute approximate surface area is 95.1 Å². The maximum atomic E-state index is 4.24. The summed E-state index contributed by atoms with van der Waals surface area (Å²) in [6.07, 6.45) is 1.85. The van der Waals surface area contributed by atoms with Gasteiger partial charge in [-0.1, -0.05) is 0 Å². The molecular formula is C12H16N4. The van der Waals surface area contributed by atoms with Gasteiger partial charge >= 0.3 is 0 Å². The first kappa shape index (κ1) is 10.7. The quantitative estimate of drug-likeness (QED) is 0.828. The molecule has 4 heteroatoms. The van der Waals surface area contributed by atoms with Crippen molar-refractivity contribution in [2.24, 2.45) is 0 Å². The van der Waals surface area contributed by atoms with E-state index in [4.69, 9.17) is 0 Å². The van der Waals surface area contributed by atoms with Crippen molar-refractivity contribution in [3.63, 3.8) is 0 Å². The fourth-order valence-corrected chi connectivity index (χ4v) is 1.60. The molecule has 2 N–H and O–H groups in total. The van der Waals surface area contributed by atoms with E-state index in [2.05, 4.69) is 20.5 Å². The van der Waals surface area contributed by atoms with Gasteiger partial charge in [0.15, 0.2) is 0 Å². The first-order chi connectivity index (χ1) is 7.66. The molecule has 0 amide bonds. The summed E-state index contributed by atoms with van der Waals surface area (Å²) in [4.78, 5) is 4.24. The normalized spacial score (nSPS) is 10.4. The fraction of sp³-hybridized carbons (Fsp3) is 0.333. The fourth-order valence-electron chi connectivity index (χ4n) is 1.60. The number of rotatable bonds is 3. The number of hydrogen-bond donors (Lipinski definition) is 2. The van der Waals surface area contributed by atoms with Crippen LogP contribution in [0.2, 0.25) is 0 Å². The van der Waals surface area contributed by atoms with E-state index in [9.17, 15) is 0 Å². The summed E-state index contributed by atoms with van der Waals surface area (Å²) in [7, 11) is 0. The third-order valence-electron chi connectivity index (χ3n) is 2.66. The van der Waals surface area contributed by atoms with Gasteiger partial charge < -0.3 is 5.32 Å². The smallest absolute Gasteiger partial charge is 0.0643 e. The van der Waals surface area contributed by atoms with Crippen LogP contribution < -0.4 is 5.32 Å². The molecule has 0 saturated carbocycles. The molecule has 0 fully saturated rings. The Balaban J connectivity index is 2.05. The zero-order valence-electron chi connectivity index (χ0n) is 9.83. The largest absolute Gasteiger partial charge is 0.380 e. The van der Waals surface area contributed by atoms with E-state index < -0.39 is 0 Å². The van der Waals surface area contributed by atoms with Crippen molar-refractivity contribution in [1.82, 2.24) is 15.2 Å². The zero-order valence-corrected chi connectivity index (χ0v) is 9.83. The molecule has 84 valence electrons. The number of hydrogen-bond acceptors (Lipinski definition) is 3. The molecule has 0 aromatic carbocycles. The molecule has 2 aromatic rings. The van der Waals surface area contributed by atoms with Gasteiger partial charge in [0.25, 0.3) is 0 Å². The highest BCUT2D eigenvalue weighted by Gasteiger charge is 2.05. The molecule has 2 rings (SSSR count). The number of H-pyrrole nitrogens is 1. The number of aromatic nitrogens is 3. The number of aromatic amines is 1. The lowest BCUT2D eigenvalue weighted by Gasteiger charge is -2.06. The van der Waals surface area contributed by atoms with Crippen LogP contribution in [0.15, 0.2) is 18.3 Å². The predicted molar refractivity (Wildman–Crippen MR) is 64.4 cm³/mol. The highest BCUT2D eigenvalue weighted by Crippen LogP contribution is 2.12. The lowest BCUT2D eigenvalue weighted by atomic mass is 10.2. The second-order valence-electron chi connectivity index (χ2n) is 3.95. The van der Waals surface area contributed by atoms with E-state index in [0.717, 1.165) is 29.3 Å². The first-order valence-electron chi connectivity index (χ1n) is 5.34. The second kappa shape index (κ2) is 4.35. The monoisotopic (exact) mass is 216 g/mol. The van der Waals surface area contributed by atoms with Crippen LogP contribution in [0.3, 0.4) is 0 Å². The van der Waals surface area contributed by atoms with E-state index in [0.29, 0.717) is 0 Å². The van der Waals surface area contributed by atoms with Gasteiger partial charge in [-0.2, -0.15) is 5.10 Å². The average Bonchev–Trinajstić information content (AvgIpc) is 2.59. The van der Waals surface area contributed by atoms with E-state index in [-0.39, 0.29) is 0 Å². The van der Waals surface area contributed by atoms with Crippen molar-refractivity contribution in [2.45, 2.75) is 27.3 Å². The van der Waals surface area contributed by atoms with Crippen LogP contribution in [0.25, 0.3) is 0 Å². The zero-order chi connectivity index (χ0) is 11.5. The summed E-state index contributed by atoms with van der Waals surface area (Å²) in [6.45, 7) is 6.80. The van der Waals surface area contributed by atoms with Crippen LogP contribution in [0, 0.1) is 20.8 Å². The van der Waals surface area contributed by atoms with Crippen molar-refractivity contribution >= 4 is 5.69 Å². The molecule has 0 aliphatic carbocycles. The minimum absolute atomic E-state index is 0.777. The summed E-state index contributed by atoms with van der Waals surface area (Å²) in [6, 6.07) is 4.03. The number of pyridine rings is 1. The second-order valence-corrected chi connectivity index (χ2v) is 3.95. The molecule has 0 radical (unpaired) electrons. The SMILES string of the molecule is Cc1ccc(NCc2c(C)n[nH]c2C)cn1. The number of anilines is 1. The molecule has 16 heavy (non-hydrogen) atoms. The molecule has 0 aliphatic heterocycles. The lowest BCUT2D eigenvalue weighted by Crippen LogP contribution is -2.01. The maximum Gasteiger partial charge on any atom is 0.0643 e. The molecule has 0 saturated heterocycles. The Morgan fingerprint density at radius 1 is 1.25 bits per heavy atom. The Hall–Kier alpha value is -1.84. The van der Waals surface area contributed by atoms with Crippen molar-refractivity contribution in [3.05, 3.63) is 41.0 Å². The topological polar surface area (TPSA) is 53.6 Å². The number of aryl methyl sites for hydroxylation is 3. The van der Waals surface area contributed by atoms with Gasteiger partial charge in [-0.3, -0.25) is 10.1 Å². The number of nitrogens with one attached hydrogen (secondary N) is 2. The summed E-state index contributed by atoms with van der Waals surface area (Å²) in [5, 5.41) is 10.5. The highest BCUT2D eigenvalue weighted by atomic mass is 15.1. The van der Waals surface area contributed by atoms with Crippen LogP contribution in [-0.2, 0) is 6.54 Å². The van der Waals surface area contributed by atoms with E-state index in [1.807, 2.05) is 39.1 Å². The minimum atomic E-state index is 0.777. The van der Waals surface area contributed by atoms with Gasteiger partial charge in [0.2, 0.25) is 0 Å². The minimum Gasteiger partial charge on any atom is -0.380 e. The van der Waals surface area contributed by atoms with Gasteiger partial charge in [0.1, 0.15) is 0 Å². The van der Waals surface area contributed by atoms with Gasteiger partial charge in [-0.25, -0.2) is 0 Å². The van der Waals surface area contributed by atoms with E-state index >= 15 is 0 Å². The molecule has 2 aromatic heterocycles. The molecule has 2 heterocycles. The predicted octanol–water partition coefficient (Wildman–Crippen LogP) is 2.34. The van der Waals surface area contributed by atoms with Crippen molar-refractivity contribution < 1.29 is 0 Å². The summed E-state index contributed by atoms with van der Waals surface area (Å²) in [5.41, 5.74) is 5.45. The van der Waals surface area contributed by atoms with Crippen LogP contribution in [0.5, 0.6) is 0 Å². The Kier molecular flexibility index (Phi) is 2.90.